The molecule has 0 unspecified atom stereocenters. The monoisotopic (exact) mass is 329 g/mol. The molecule has 1 N–H and O–H groups in total. The summed E-state index contributed by atoms with van der Waals surface area (Å²) in [5.41, 5.74) is 8.08. The molecular formula is C18H15N7. The minimum absolute atomic E-state index is 0.682. The lowest BCUT2D eigenvalue weighted by Crippen LogP contribution is -2.28. The van der Waals surface area contributed by atoms with Crippen LogP contribution in [0.25, 0.3) is 29.5 Å². The third-order valence-corrected chi connectivity index (χ3v) is 4.20. The fourth-order valence-electron chi connectivity index (χ4n) is 3.02. The van der Waals surface area contributed by atoms with Gasteiger partial charge in [-0.2, -0.15) is 5.10 Å². The Morgan fingerprint density at radius 2 is 2.20 bits per heavy atom. The van der Waals surface area contributed by atoms with Crippen molar-refractivity contribution in [3.8, 4) is 0 Å². The average Bonchev–Trinajstić information content (AvgIpc) is 2.97. The lowest BCUT2D eigenvalue weighted by molar-refractivity contribution is 0.660. The van der Waals surface area contributed by atoms with E-state index in [1.807, 2.05) is 59.6 Å². The molecule has 0 radical (unpaired) electrons. The van der Waals surface area contributed by atoms with E-state index in [0.717, 1.165) is 38.7 Å². The maximum Gasteiger partial charge on any atom is 0.118 e. The van der Waals surface area contributed by atoms with Gasteiger partial charge in [-0.15, -0.1) is 0 Å². The molecule has 3 aromatic rings. The van der Waals surface area contributed by atoms with Crippen LogP contribution in [0.5, 0.6) is 0 Å². The Labute approximate surface area is 143 Å². The molecule has 0 aliphatic carbocycles. The number of hydrogen-bond acceptors (Lipinski definition) is 6. The smallest absolute Gasteiger partial charge is 0.118 e. The molecule has 0 fully saturated rings. The highest BCUT2D eigenvalue weighted by molar-refractivity contribution is 5.80. The largest absolute Gasteiger partial charge is 0.295 e. The quantitative estimate of drug-likeness (QED) is 0.760. The van der Waals surface area contributed by atoms with Crippen LogP contribution in [0.4, 0.5) is 5.69 Å². The number of hydrogen-bond donors (Lipinski definition) is 1. The highest BCUT2D eigenvalue weighted by Gasteiger charge is 2.12. The van der Waals surface area contributed by atoms with E-state index in [9.17, 15) is 0 Å². The fourth-order valence-corrected chi connectivity index (χ4v) is 3.02. The lowest BCUT2D eigenvalue weighted by atomic mass is 10.2. The molecule has 7 heteroatoms. The maximum atomic E-state index is 4.81. The first-order valence-corrected chi connectivity index (χ1v) is 8.03. The van der Waals surface area contributed by atoms with Crippen LogP contribution in [0.2, 0.25) is 0 Å². The van der Waals surface area contributed by atoms with Crippen molar-refractivity contribution < 1.29 is 0 Å². The molecule has 122 valence electrons. The highest BCUT2D eigenvalue weighted by Crippen LogP contribution is 2.13. The fraction of sp³-hybridized carbons (Fsp3) is 0.111. The van der Waals surface area contributed by atoms with Gasteiger partial charge in [0, 0.05) is 29.9 Å². The van der Waals surface area contributed by atoms with Crippen LogP contribution in [-0.2, 0) is 6.54 Å². The summed E-state index contributed by atoms with van der Waals surface area (Å²) in [5.74, 6) is 0. The van der Waals surface area contributed by atoms with E-state index in [4.69, 9.17) is 4.98 Å². The Balaban J connectivity index is 1.59. The van der Waals surface area contributed by atoms with Gasteiger partial charge in [-0.3, -0.25) is 25.1 Å². The zero-order chi connectivity index (χ0) is 16.8. The van der Waals surface area contributed by atoms with Crippen molar-refractivity contribution in [1.29, 1.82) is 0 Å². The summed E-state index contributed by atoms with van der Waals surface area (Å²) >= 11 is 0. The Hall–Kier alpha value is -3.48. The molecule has 25 heavy (non-hydrogen) atoms. The minimum atomic E-state index is 0.682. The van der Waals surface area contributed by atoms with Crippen molar-refractivity contribution >= 4 is 41.4 Å². The van der Waals surface area contributed by atoms with Crippen molar-refractivity contribution in [1.82, 2.24) is 24.8 Å². The molecule has 2 aliphatic rings. The van der Waals surface area contributed by atoms with Crippen molar-refractivity contribution in [2.45, 2.75) is 13.5 Å². The van der Waals surface area contributed by atoms with Crippen LogP contribution < -0.4 is 16.1 Å². The van der Waals surface area contributed by atoms with Crippen LogP contribution in [0, 0.1) is 6.92 Å². The van der Waals surface area contributed by atoms with E-state index in [2.05, 4.69) is 26.6 Å². The van der Waals surface area contributed by atoms with Gasteiger partial charge in [-0.1, -0.05) is 0 Å². The molecular weight excluding hydrogens is 314 g/mol. The first-order valence-electron chi connectivity index (χ1n) is 8.03. The van der Waals surface area contributed by atoms with E-state index < -0.39 is 0 Å². The van der Waals surface area contributed by atoms with Gasteiger partial charge in [0.15, 0.2) is 0 Å². The summed E-state index contributed by atoms with van der Waals surface area (Å²) in [6, 6.07) is 5.99. The van der Waals surface area contributed by atoms with Crippen LogP contribution >= 0.6 is 0 Å². The molecule has 0 saturated carbocycles. The summed E-state index contributed by atoms with van der Waals surface area (Å²) in [7, 11) is 0. The maximum absolute atomic E-state index is 4.81. The molecule has 5 heterocycles. The molecule has 0 spiro atoms. The summed E-state index contributed by atoms with van der Waals surface area (Å²) in [4.78, 5) is 13.3. The molecule has 7 nitrogen and oxygen atoms in total. The van der Waals surface area contributed by atoms with Crippen LogP contribution in [0.1, 0.15) is 11.3 Å². The SMILES string of the molecule is Cc1cc(NN2C=Cc3cc4nn5c(c4nc3=C2)=CN=CC5)ccn1. The van der Waals surface area contributed by atoms with Gasteiger partial charge in [0.25, 0.3) is 0 Å². The van der Waals surface area contributed by atoms with Gasteiger partial charge in [-0.25, -0.2) is 4.98 Å². The zero-order valence-electron chi connectivity index (χ0n) is 13.6. The number of hydrazine groups is 1. The number of aliphatic imine (C=N–C) groups is 1. The van der Waals surface area contributed by atoms with Crippen LogP contribution in [-0.4, -0.2) is 31.0 Å². The second kappa shape index (κ2) is 5.27. The van der Waals surface area contributed by atoms with E-state index in [-0.39, 0.29) is 0 Å². The second-order valence-corrected chi connectivity index (χ2v) is 6.01. The number of anilines is 1. The third kappa shape index (κ3) is 2.37. The van der Waals surface area contributed by atoms with Crippen molar-refractivity contribution in [2.24, 2.45) is 4.99 Å². The number of aromatic nitrogens is 4. The summed E-state index contributed by atoms with van der Waals surface area (Å²) in [5, 5.41) is 8.35. The van der Waals surface area contributed by atoms with E-state index in [0.29, 0.717) is 6.54 Å². The Bertz CT molecular complexity index is 1170. The van der Waals surface area contributed by atoms with Gasteiger partial charge in [0.2, 0.25) is 0 Å². The zero-order valence-corrected chi connectivity index (χ0v) is 13.6. The number of nitrogens with one attached hydrogen (secondary N) is 1. The third-order valence-electron chi connectivity index (χ3n) is 4.20. The number of pyridine rings is 2. The molecule has 3 aromatic heterocycles. The van der Waals surface area contributed by atoms with Crippen LogP contribution in [0.3, 0.4) is 0 Å². The number of fused-ring (bicyclic) bond motifs is 4. The Kier molecular flexibility index (Phi) is 2.93. The van der Waals surface area contributed by atoms with Gasteiger partial charge < -0.3 is 0 Å². The molecule has 0 atom stereocenters. The van der Waals surface area contributed by atoms with Gasteiger partial charge in [0.05, 0.1) is 30.0 Å². The topological polar surface area (TPSA) is 71.2 Å². The number of aryl methyl sites for hydroxylation is 1. The molecule has 2 aliphatic heterocycles. The minimum Gasteiger partial charge on any atom is -0.295 e. The normalized spacial score (nSPS) is 14.7. The summed E-state index contributed by atoms with van der Waals surface area (Å²) in [6.45, 7) is 2.65. The standard InChI is InChI=1S/C18H15N7/c1-12-8-14(2-4-20-12)22-24-6-3-13-9-15-18(21-16(13)11-24)17-10-19-5-7-25(17)23-15/h2-6,8-11H,7H2,1H3,(H,20,22). The lowest BCUT2D eigenvalue weighted by Gasteiger charge is -2.20. The summed E-state index contributed by atoms with van der Waals surface area (Å²) in [6.07, 6.45) is 11.4. The highest BCUT2D eigenvalue weighted by atomic mass is 15.5. The molecule has 0 amide bonds. The number of rotatable bonds is 2. The second-order valence-electron chi connectivity index (χ2n) is 6.01. The predicted octanol–water partition coefficient (Wildman–Crippen LogP) is 1.01. The van der Waals surface area contributed by atoms with Crippen molar-refractivity contribution in [3.05, 3.63) is 52.6 Å². The molecule has 0 bridgehead atoms. The number of nitrogens with zero attached hydrogens (tertiary/aromatic N) is 6. The molecule has 0 saturated heterocycles. The summed E-state index contributed by atoms with van der Waals surface area (Å²) < 4.78 is 1.93. The first-order chi connectivity index (χ1) is 12.3. The Morgan fingerprint density at radius 1 is 1.24 bits per heavy atom. The van der Waals surface area contributed by atoms with Crippen molar-refractivity contribution in [2.75, 3.05) is 5.43 Å². The first kappa shape index (κ1) is 13.9. The van der Waals surface area contributed by atoms with Crippen molar-refractivity contribution in [3.63, 3.8) is 0 Å². The van der Waals surface area contributed by atoms with Gasteiger partial charge in [-0.05, 0) is 31.2 Å². The van der Waals surface area contributed by atoms with Gasteiger partial charge >= 0.3 is 0 Å². The Morgan fingerprint density at radius 3 is 3.12 bits per heavy atom. The van der Waals surface area contributed by atoms with E-state index in [1.165, 1.54) is 0 Å². The average molecular weight is 329 g/mol. The van der Waals surface area contributed by atoms with Gasteiger partial charge in [0.1, 0.15) is 16.4 Å². The van der Waals surface area contributed by atoms with E-state index in [1.54, 1.807) is 6.20 Å². The predicted molar refractivity (Wildman–Crippen MR) is 97.7 cm³/mol. The molecule has 0 aromatic carbocycles. The van der Waals surface area contributed by atoms with E-state index >= 15 is 0 Å². The van der Waals surface area contributed by atoms with Crippen LogP contribution in [0.15, 0.2) is 35.6 Å². The molecule has 5 rings (SSSR count).